The molecule has 0 aliphatic heterocycles. The summed E-state index contributed by atoms with van der Waals surface area (Å²) >= 11 is 12.0. The predicted molar refractivity (Wildman–Crippen MR) is 61.1 cm³/mol. The van der Waals surface area contributed by atoms with Gasteiger partial charge in [0.1, 0.15) is 0 Å². The Hall–Kier alpha value is -0.310. The van der Waals surface area contributed by atoms with Crippen LogP contribution in [0.4, 0.5) is 0 Å². The average Bonchev–Trinajstić information content (AvgIpc) is 2.12. The number of likely N-dealkylation sites (N-methyl/N-ethyl adjacent to an activating group) is 1. The first-order valence-electron chi connectivity index (χ1n) is 4.43. The Bertz CT molecular complexity index is 304. The van der Waals surface area contributed by atoms with Gasteiger partial charge in [-0.1, -0.05) is 23.2 Å². The average molecular weight is 233 g/mol. The summed E-state index contributed by atoms with van der Waals surface area (Å²) in [6.45, 7) is 4.19. The van der Waals surface area contributed by atoms with E-state index in [1.54, 1.807) is 12.4 Å². The van der Waals surface area contributed by atoms with E-state index in [0.29, 0.717) is 10.0 Å². The van der Waals surface area contributed by atoms with Crippen LogP contribution in [0.5, 0.6) is 0 Å². The van der Waals surface area contributed by atoms with Gasteiger partial charge in [0, 0.05) is 17.9 Å². The minimum atomic E-state index is -0.0192. The molecule has 0 aliphatic rings. The van der Waals surface area contributed by atoms with E-state index in [1.807, 2.05) is 7.05 Å². The monoisotopic (exact) mass is 232 g/mol. The van der Waals surface area contributed by atoms with Crippen molar-refractivity contribution in [2.24, 2.45) is 0 Å². The molecular formula is C10H14Cl2N2. The maximum Gasteiger partial charge on any atom is 0.0636 e. The van der Waals surface area contributed by atoms with Crippen LogP contribution >= 0.6 is 23.2 Å². The first kappa shape index (κ1) is 11.8. The minimum Gasteiger partial charge on any atom is -0.314 e. The summed E-state index contributed by atoms with van der Waals surface area (Å²) in [5, 5.41) is 4.46. The number of rotatable bonds is 3. The van der Waals surface area contributed by atoms with Gasteiger partial charge in [-0.2, -0.15) is 0 Å². The summed E-state index contributed by atoms with van der Waals surface area (Å²) in [5.74, 6) is 0. The molecule has 1 heterocycles. The molecular weight excluding hydrogens is 219 g/mol. The first-order chi connectivity index (χ1) is 6.46. The predicted octanol–water partition coefficient (Wildman–Crippen LogP) is 2.93. The number of hydrogen-bond donors (Lipinski definition) is 1. The number of aromatic nitrogens is 1. The molecule has 1 rings (SSSR count). The van der Waals surface area contributed by atoms with Crippen LogP contribution in [0.3, 0.4) is 0 Å². The molecule has 2 nitrogen and oxygen atoms in total. The Balaban J connectivity index is 2.97. The van der Waals surface area contributed by atoms with E-state index in [1.165, 1.54) is 0 Å². The van der Waals surface area contributed by atoms with E-state index in [9.17, 15) is 0 Å². The van der Waals surface area contributed by atoms with Crippen molar-refractivity contribution in [3.05, 3.63) is 28.0 Å². The quantitative estimate of drug-likeness (QED) is 0.868. The number of nitrogens with one attached hydrogen (secondary N) is 1. The third-order valence-corrected chi connectivity index (χ3v) is 2.90. The van der Waals surface area contributed by atoms with Crippen LogP contribution in [-0.4, -0.2) is 17.6 Å². The molecule has 0 saturated carbocycles. The molecule has 0 bridgehead atoms. The van der Waals surface area contributed by atoms with Gasteiger partial charge in [-0.05, 0) is 32.9 Å². The van der Waals surface area contributed by atoms with Crippen LogP contribution < -0.4 is 5.32 Å². The number of pyridine rings is 1. The van der Waals surface area contributed by atoms with Gasteiger partial charge in [-0.15, -0.1) is 0 Å². The van der Waals surface area contributed by atoms with Gasteiger partial charge in [0.25, 0.3) is 0 Å². The Kier molecular flexibility index (Phi) is 3.76. The topological polar surface area (TPSA) is 24.9 Å². The molecule has 1 aromatic heterocycles. The number of nitrogens with zero attached hydrogens (tertiary/aromatic N) is 1. The molecule has 0 atom stereocenters. The van der Waals surface area contributed by atoms with Crippen LogP contribution in [-0.2, 0) is 6.42 Å². The Morgan fingerprint density at radius 3 is 2.21 bits per heavy atom. The van der Waals surface area contributed by atoms with Gasteiger partial charge in [0.05, 0.1) is 10.0 Å². The smallest absolute Gasteiger partial charge is 0.0636 e. The largest absolute Gasteiger partial charge is 0.314 e. The summed E-state index contributed by atoms with van der Waals surface area (Å²) in [6, 6.07) is 0. The second kappa shape index (κ2) is 4.47. The van der Waals surface area contributed by atoms with Crippen molar-refractivity contribution in [1.82, 2.24) is 10.3 Å². The highest BCUT2D eigenvalue weighted by Gasteiger charge is 2.19. The van der Waals surface area contributed by atoms with Crippen molar-refractivity contribution in [2.45, 2.75) is 25.8 Å². The second-order valence-corrected chi connectivity index (χ2v) is 4.71. The van der Waals surface area contributed by atoms with E-state index >= 15 is 0 Å². The molecule has 0 saturated heterocycles. The Morgan fingerprint density at radius 2 is 1.79 bits per heavy atom. The van der Waals surface area contributed by atoms with Crippen LogP contribution in [0.1, 0.15) is 19.4 Å². The van der Waals surface area contributed by atoms with Gasteiger partial charge in [0.2, 0.25) is 0 Å². The molecule has 0 aliphatic carbocycles. The molecule has 4 heteroatoms. The zero-order valence-electron chi connectivity index (χ0n) is 8.56. The SMILES string of the molecule is CNC(C)(C)Cc1c(Cl)cncc1Cl. The summed E-state index contributed by atoms with van der Waals surface area (Å²) in [5.41, 5.74) is 0.928. The third-order valence-electron chi connectivity index (χ3n) is 2.25. The lowest BCUT2D eigenvalue weighted by molar-refractivity contribution is 0.422. The molecule has 0 spiro atoms. The molecule has 1 N–H and O–H groups in total. The maximum atomic E-state index is 6.02. The molecule has 78 valence electrons. The molecule has 0 aromatic carbocycles. The zero-order valence-corrected chi connectivity index (χ0v) is 10.1. The number of halogens is 2. The van der Waals surface area contributed by atoms with Crippen molar-refractivity contribution >= 4 is 23.2 Å². The maximum absolute atomic E-state index is 6.02. The van der Waals surface area contributed by atoms with Crippen molar-refractivity contribution < 1.29 is 0 Å². The lowest BCUT2D eigenvalue weighted by atomic mass is 9.96. The molecule has 0 radical (unpaired) electrons. The highest BCUT2D eigenvalue weighted by Crippen LogP contribution is 2.26. The van der Waals surface area contributed by atoms with E-state index in [0.717, 1.165) is 12.0 Å². The summed E-state index contributed by atoms with van der Waals surface area (Å²) in [6.07, 6.45) is 4.02. The summed E-state index contributed by atoms with van der Waals surface area (Å²) < 4.78 is 0. The van der Waals surface area contributed by atoms with Gasteiger partial charge >= 0.3 is 0 Å². The first-order valence-corrected chi connectivity index (χ1v) is 5.18. The van der Waals surface area contributed by atoms with E-state index < -0.39 is 0 Å². The molecule has 0 fully saturated rings. The van der Waals surface area contributed by atoms with E-state index in [4.69, 9.17) is 23.2 Å². The zero-order chi connectivity index (χ0) is 10.8. The van der Waals surface area contributed by atoms with Crippen molar-refractivity contribution in [1.29, 1.82) is 0 Å². The Labute approximate surface area is 94.6 Å². The summed E-state index contributed by atoms with van der Waals surface area (Å²) in [7, 11) is 1.92. The lowest BCUT2D eigenvalue weighted by Gasteiger charge is -2.24. The fourth-order valence-corrected chi connectivity index (χ4v) is 1.64. The third kappa shape index (κ3) is 2.84. The molecule has 0 unspecified atom stereocenters. The van der Waals surface area contributed by atoms with Crippen LogP contribution in [0.15, 0.2) is 12.4 Å². The number of hydrogen-bond acceptors (Lipinski definition) is 2. The molecule has 1 aromatic rings. The fourth-order valence-electron chi connectivity index (χ4n) is 1.14. The van der Waals surface area contributed by atoms with Gasteiger partial charge in [0.15, 0.2) is 0 Å². The molecule has 14 heavy (non-hydrogen) atoms. The van der Waals surface area contributed by atoms with Crippen LogP contribution in [0.2, 0.25) is 10.0 Å². The van der Waals surface area contributed by atoms with Crippen LogP contribution in [0.25, 0.3) is 0 Å². The fraction of sp³-hybridized carbons (Fsp3) is 0.500. The van der Waals surface area contributed by atoms with Crippen molar-refractivity contribution in [3.8, 4) is 0 Å². The minimum absolute atomic E-state index is 0.0192. The normalized spacial score (nSPS) is 11.8. The lowest BCUT2D eigenvalue weighted by Crippen LogP contribution is -2.38. The van der Waals surface area contributed by atoms with Gasteiger partial charge in [-0.3, -0.25) is 4.98 Å². The highest BCUT2D eigenvalue weighted by molar-refractivity contribution is 6.35. The van der Waals surface area contributed by atoms with Gasteiger partial charge in [-0.25, -0.2) is 0 Å². The van der Waals surface area contributed by atoms with Crippen molar-refractivity contribution in [2.75, 3.05) is 7.05 Å². The second-order valence-electron chi connectivity index (χ2n) is 3.89. The van der Waals surface area contributed by atoms with Crippen molar-refractivity contribution in [3.63, 3.8) is 0 Å². The standard InChI is InChI=1S/C10H14Cl2N2/c1-10(2,13-3)4-7-8(11)5-14-6-9(7)12/h5-6,13H,4H2,1-3H3. The van der Waals surface area contributed by atoms with E-state index in [-0.39, 0.29) is 5.54 Å². The van der Waals surface area contributed by atoms with E-state index in [2.05, 4.69) is 24.1 Å². The van der Waals surface area contributed by atoms with Crippen LogP contribution in [0, 0.1) is 0 Å². The highest BCUT2D eigenvalue weighted by atomic mass is 35.5. The Morgan fingerprint density at radius 1 is 1.29 bits per heavy atom. The molecule has 0 amide bonds. The summed E-state index contributed by atoms with van der Waals surface area (Å²) in [4.78, 5) is 3.92. The van der Waals surface area contributed by atoms with Gasteiger partial charge < -0.3 is 5.32 Å².